The molecule has 1 aromatic rings. The lowest BCUT2D eigenvalue weighted by Gasteiger charge is -2.20. The fraction of sp³-hybridized carbons (Fsp3) is 0.625. The molecule has 0 saturated carbocycles. The molecule has 1 atom stereocenters. The van der Waals surface area contributed by atoms with Gasteiger partial charge in [0.1, 0.15) is 0 Å². The molecule has 1 rings (SSSR count). The Labute approximate surface area is 116 Å². The Hall–Kier alpha value is -1.38. The normalized spacial score (nSPS) is 13.1. The van der Waals surface area contributed by atoms with Crippen molar-refractivity contribution in [3.8, 4) is 0 Å². The van der Waals surface area contributed by atoms with Gasteiger partial charge in [0.05, 0.1) is 11.7 Å². The molecular formula is C16H26N2O. The molecule has 0 spiro atoms. The first-order valence-corrected chi connectivity index (χ1v) is 7.05. The molecule has 0 saturated heterocycles. The van der Waals surface area contributed by atoms with Gasteiger partial charge in [-0.25, -0.2) is 0 Å². The second-order valence-corrected chi connectivity index (χ2v) is 6.29. The van der Waals surface area contributed by atoms with Gasteiger partial charge >= 0.3 is 0 Å². The summed E-state index contributed by atoms with van der Waals surface area (Å²) in [6, 6.07) is 5.96. The lowest BCUT2D eigenvalue weighted by Crippen LogP contribution is -2.29. The molecule has 1 N–H and O–H groups in total. The third-order valence-corrected chi connectivity index (χ3v) is 3.11. The van der Waals surface area contributed by atoms with Crippen molar-refractivity contribution in [2.24, 2.45) is 5.41 Å². The summed E-state index contributed by atoms with van der Waals surface area (Å²) in [5, 5.41) is 3.08. The molecule has 3 heteroatoms. The van der Waals surface area contributed by atoms with Crippen molar-refractivity contribution >= 4 is 5.91 Å². The van der Waals surface area contributed by atoms with Crippen molar-refractivity contribution in [1.29, 1.82) is 0 Å². The number of amides is 1. The highest BCUT2D eigenvalue weighted by Crippen LogP contribution is 2.21. The van der Waals surface area contributed by atoms with Crippen molar-refractivity contribution in [3.05, 3.63) is 29.6 Å². The number of pyridine rings is 1. The van der Waals surface area contributed by atoms with Crippen LogP contribution in [0.4, 0.5) is 0 Å². The van der Waals surface area contributed by atoms with Crippen molar-refractivity contribution < 1.29 is 4.79 Å². The molecule has 0 unspecified atom stereocenters. The van der Waals surface area contributed by atoms with Gasteiger partial charge in [-0.15, -0.1) is 0 Å². The Balaban J connectivity index is 2.60. The van der Waals surface area contributed by atoms with Crippen LogP contribution in [0.5, 0.6) is 0 Å². The quantitative estimate of drug-likeness (QED) is 0.877. The van der Waals surface area contributed by atoms with Gasteiger partial charge in [0.2, 0.25) is 5.91 Å². The van der Waals surface area contributed by atoms with E-state index < -0.39 is 0 Å². The fourth-order valence-electron chi connectivity index (χ4n) is 1.90. The molecule has 19 heavy (non-hydrogen) atoms. The van der Waals surface area contributed by atoms with E-state index in [1.807, 2.05) is 25.1 Å². The number of carbonyl (C=O) groups is 1. The number of hydrogen-bond acceptors (Lipinski definition) is 2. The molecule has 0 bridgehead atoms. The molecule has 0 aliphatic rings. The van der Waals surface area contributed by atoms with Crippen LogP contribution in [-0.4, -0.2) is 10.9 Å². The Morgan fingerprint density at radius 3 is 2.58 bits per heavy atom. The van der Waals surface area contributed by atoms with Crippen LogP contribution >= 0.6 is 0 Å². The minimum absolute atomic E-state index is 0.0207. The maximum atomic E-state index is 12.0. The van der Waals surface area contributed by atoms with Crippen molar-refractivity contribution in [2.75, 3.05) is 0 Å². The van der Waals surface area contributed by atoms with Gasteiger partial charge in [-0.2, -0.15) is 0 Å². The van der Waals surface area contributed by atoms with Crippen LogP contribution in [0.3, 0.4) is 0 Å². The van der Waals surface area contributed by atoms with Crippen LogP contribution in [0, 0.1) is 12.3 Å². The maximum absolute atomic E-state index is 12.0. The van der Waals surface area contributed by atoms with E-state index in [2.05, 4.69) is 38.0 Å². The summed E-state index contributed by atoms with van der Waals surface area (Å²) in [4.78, 5) is 16.5. The zero-order valence-electron chi connectivity index (χ0n) is 12.8. The highest BCUT2D eigenvalue weighted by molar-refractivity contribution is 5.76. The van der Waals surface area contributed by atoms with Crippen molar-refractivity contribution in [1.82, 2.24) is 10.3 Å². The number of rotatable bonds is 5. The van der Waals surface area contributed by atoms with E-state index in [9.17, 15) is 4.79 Å². The number of aryl methyl sites for hydroxylation is 1. The number of nitrogens with one attached hydrogen (secondary N) is 1. The number of carbonyl (C=O) groups excluding carboxylic acids is 1. The standard InChI is InChI=1S/C16H26N2O/c1-6-13(14-9-7-8-12(2)17-14)18-15(19)10-11-16(3,4)5/h7-9,13H,6,10-11H2,1-5H3,(H,18,19)/t13-/m1/s1. The Morgan fingerprint density at radius 2 is 2.05 bits per heavy atom. The van der Waals surface area contributed by atoms with Gasteiger partial charge < -0.3 is 5.32 Å². The fourth-order valence-corrected chi connectivity index (χ4v) is 1.90. The molecule has 106 valence electrons. The monoisotopic (exact) mass is 262 g/mol. The average Bonchev–Trinajstić information content (AvgIpc) is 2.32. The van der Waals surface area contributed by atoms with Gasteiger partial charge in [0, 0.05) is 12.1 Å². The average molecular weight is 262 g/mol. The lowest BCUT2D eigenvalue weighted by molar-refractivity contribution is -0.122. The van der Waals surface area contributed by atoms with Crippen LogP contribution in [0.15, 0.2) is 18.2 Å². The first-order valence-electron chi connectivity index (χ1n) is 7.05. The van der Waals surface area contributed by atoms with Crippen LogP contribution in [0.1, 0.15) is 64.4 Å². The smallest absolute Gasteiger partial charge is 0.220 e. The van der Waals surface area contributed by atoms with E-state index >= 15 is 0 Å². The molecule has 1 amide bonds. The lowest BCUT2D eigenvalue weighted by atomic mass is 9.90. The van der Waals surface area contributed by atoms with Gasteiger partial charge in [-0.05, 0) is 37.3 Å². The first kappa shape index (κ1) is 15.7. The predicted molar refractivity (Wildman–Crippen MR) is 78.8 cm³/mol. The van der Waals surface area contributed by atoms with E-state index in [0.29, 0.717) is 6.42 Å². The summed E-state index contributed by atoms with van der Waals surface area (Å²) in [5.41, 5.74) is 2.13. The highest BCUT2D eigenvalue weighted by atomic mass is 16.1. The van der Waals surface area contributed by atoms with Gasteiger partial charge in [0.25, 0.3) is 0 Å². The highest BCUT2D eigenvalue weighted by Gasteiger charge is 2.17. The largest absolute Gasteiger partial charge is 0.348 e. The molecule has 1 heterocycles. The van der Waals surface area contributed by atoms with Crippen LogP contribution in [0.2, 0.25) is 0 Å². The number of nitrogens with zero attached hydrogens (tertiary/aromatic N) is 1. The van der Waals surface area contributed by atoms with E-state index in [-0.39, 0.29) is 17.4 Å². The Bertz CT molecular complexity index is 421. The SMILES string of the molecule is CC[C@@H](NC(=O)CCC(C)(C)C)c1cccc(C)n1. The van der Waals surface area contributed by atoms with Gasteiger partial charge in [0.15, 0.2) is 0 Å². The minimum atomic E-state index is 0.0207. The maximum Gasteiger partial charge on any atom is 0.220 e. The zero-order valence-corrected chi connectivity index (χ0v) is 12.8. The first-order chi connectivity index (χ1) is 8.81. The molecule has 0 radical (unpaired) electrons. The van der Waals surface area contributed by atoms with Gasteiger partial charge in [-0.3, -0.25) is 9.78 Å². The van der Waals surface area contributed by atoms with E-state index in [0.717, 1.165) is 24.2 Å². The van der Waals surface area contributed by atoms with E-state index in [1.54, 1.807) is 0 Å². The molecule has 0 fully saturated rings. The Kier molecular flexibility index (Phi) is 5.52. The third-order valence-electron chi connectivity index (χ3n) is 3.11. The van der Waals surface area contributed by atoms with Crippen molar-refractivity contribution in [3.63, 3.8) is 0 Å². The Morgan fingerprint density at radius 1 is 1.37 bits per heavy atom. The second-order valence-electron chi connectivity index (χ2n) is 6.29. The molecular weight excluding hydrogens is 236 g/mol. The zero-order chi connectivity index (χ0) is 14.5. The number of hydrogen-bond donors (Lipinski definition) is 1. The molecule has 3 nitrogen and oxygen atoms in total. The van der Waals surface area contributed by atoms with Gasteiger partial charge in [-0.1, -0.05) is 33.8 Å². The summed E-state index contributed by atoms with van der Waals surface area (Å²) in [6.45, 7) is 10.5. The summed E-state index contributed by atoms with van der Waals surface area (Å²) >= 11 is 0. The number of aromatic nitrogens is 1. The summed E-state index contributed by atoms with van der Waals surface area (Å²) in [5.74, 6) is 0.116. The van der Waals surface area contributed by atoms with Crippen LogP contribution in [0.25, 0.3) is 0 Å². The molecule has 0 aliphatic heterocycles. The van der Waals surface area contributed by atoms with E-state index in [4.69, 9.17) is 0 Å². The van der Waals surface area contributed by atoms with E-state index in [1.165, 1.54) is 0 Å². The minimum Gasteiger partial charge on any atom is -0.348 e. The third kappa shape index (κ3) is 5.86. The molecule has 0 aliphatic carbocycles. The summed E-state index contributed by atoms with van der Waals surface area (Å²) < 4.78 is 0. The molecule has 1 aromatic heterocycles. The summed E-state index contributed by atoms with van der Waals surface area (Å²) in [6.07, 6.45) is 2.33. The second kappa shape index (κ2) is 6.69. The van der Waals surface area contributed by atoms with Crippen molar-refractivity contribution in [2.45, 2.75) is 59.9 Å². The molecule has 0 aromatic carbocycles. The topological polar surface area (TPSA) is 42.0 Å². The predicted octanol–water partition coefficient (Wildman–Crippen LogP) is 3.78. The summed E-state index contributed by atoms with van der Waals surface area (Å²) in [7, 11) is 0. The van der Waals surface area contributed by atoms with Crippen LogP contribution in [-0.2, 0) is 4.79 Å². The van der Waals surface area contributed by atoms with Crippen LogP contribution < -0.4 is 5.32 Å².